The molecule has 2 aliphatic rings. The SMILES string of the molecule is O=C(c1ccc(=O)n(Cc2ccccc2)n1)N1C[C@H]2CNC[C@H]2C1. The average Bonchev–Trinajstić information content (AvgIpc) is 3.19. The number of nitrogens with zero attached hydrogens (tertiary/aromatic N) is 3. The second-order valence-electron chi connectivity index (χ2n) is 6.59. The second-order valence-corrected chi connectivity index (χ2v) is 6.59. The van der Waals surface area contributed by atoms with E-state index in [9.17, 15) is 9.59 Å². The lowest BCUT2D eigenvalue weighted by Gasteiger charge is -2.17. The van der Waals surface area contributed by atoms with E-state index < -0.39 is 0 Å². The number of amides is 1. The van der Waals surface area contributed by atoms with Gasteiger partial charge in [-0.2, -0.15) is 5.10 Å². The molecule has 6 heteroatoms. The number of aromatic nitrogens is 2. The number of hydrogen-bond acceptors (Lipinski definition) is 4. The highest BCUT2D eigenvalue weighted by Gasteiger charge is 2.38. The van der Waals surface area contributed by atoms with Gasteiger partial charge < -0.3 is 10.2 Å². The number of benzene rings is 1. The van der Waals surface area contributed by atoms with Crippen molar-refractivity contribution in [3.8, 4) is 0 Å². The van der Waals surface area contributed by atoms with E-state index in [1.165, 1.54) is 10.7 Å². The maximum absolute atomic E-state index is 12.7. The summed E-state index contributed by atoms with van der Waals surface area (Å²) in [5.41, 5.74) is 1.13. The molecule has 1 aromatic carbocycles. The Hall–Kier alpha value is -2.47. The fraction of sp³-hybridized carbons (Fsp3) is 0.389. The topological polar surface area (TPSA) is 67.2 Å². The van der Waals surface area contributed by atoms with E-state index in [1.54, 1.807) is 6.07 Å². The number of nitrogens with one attached hydrogen (secondary N) is 1. The first-order valence-corrected chi connectivity index (χ1v) is 8.33. The maximum Gasteiger partial charge on any atom is 0.274 e. The van der Waals surface area contributed by atoms with Gasteiger partial charge in [0, 0.05) is 32.2 Å². The summed E-state index contributed by atoms with van der Waals surface area (Å²) in [5.74, 6) is 1.01. The molecule has 1 aromatic heterocycles. The van der Waals surface area contributed by atoms with Gasteiger partial charge in [-0.05, 0) is 23.5 Å². The zero-order chi connectivity index (χ0) is 16.5. The number of hydrogen-bond donors (Lipinski definition) is 1. The van der Waals surface area contributed by atoms with Crippen molar-refractivity contribution >= 4 is 5.91 Å². The Morgan fingerprint density at radius 1 is 1.08 bits per heavy atom. The first-order valence-electron chi connectivity index (χ1n) is 8.33. The van der Waals surface area contributed by atoms with Crippen LogP contribution in [0, 0.1) is 11.8 Å². The molecule has 1 N–H and O–H groups in total. The van der Waals surface area contributed by atoms with Crippen LogP contribution in [0.5, 0.6) is 0 Å². The molecular weight excluding hydrogens is 304 g/mol. The standard InChI is InChI=1S/C18H20N4O2/c23-17-7-6-16(20-22(17)10-13-4-2-1-3-5-13)18(24)21-11-14-8-19-9-15(14)12-21/h1-7,14-15,19H,8-12H2/t14-,15+. The summed E-state index contributed by atoms with van der Waals surface area (Å²) < 4.78 is 1.36. The molecule has 4 rings (SSSR count). The molecule has 2 atom stereocenters. The minimum absolute atomic E-state index is 0.0776. The van der Waals surface area contributed by atoms with Crippen molar-refractivity contribution in [2.24, 2.45) is 11.8 Å². The molecule has 0 spiro atoms. The van der Waals surface area contributed by atoms with Gasteiger partial charge in [0.1, 0.15) is 5.69 Å². The van der Waals surface area contributed by atoms with Crippen molar-refractivity contribution in [2.45, 2.75) is 6.54 Å². The number of likely N-dealkylation sites (tertiary alicyclic amines) is 1. The van der Waals surface area contributed by atoms with Gasteiger partial charge in [-0.15, -0.1) is 0 Å². The van der Waals surface area contributed by atoms with Crippen molar-refractivity contribution in [2.75, 3.05) is 26.2 Å². The normalized spacial score (nSPS) is 22.6. The first-order chi connectivity index (χ1) is 11.7. The number of carbonyl (C=O) groups is 1. The molecule has 1 amide bonds. The van der Waals surface area contributed by atoms with E-state index in [0.29, 0.717) is 24.1 Å². The van der Waals surface area contributed by atoms with Crippen LogP contribution in [0.2, 0.25) is 0 Å². The van der Waals surface area contributed by atoms with Crippen LogP contribution in [-0.2, 0) is 6.54 Å². The number of rotatable bonds is 3. The molecule has 2 fully saturated rings. The van der Waals surface area contributed by atoms with Crippen molar-refractivity contribution in [3.05, 3.63) is 64.1 Å². The average molecular weight is 324 g/mol. The monoisotopic (exact) mass is 324 g/mol. The molecule has 6 nitrogen and oxygen atoms in total. The summed E-state index contributed by atoms with van der Waals surface area (Å²) in [6, 6.07) is 12.6. The van der Waals surface area contributed by atoms with Gasteiger partial charge in [0.2, 0.25) is 0 Å². The van der Waals surface area contributed by atoms with E-state index in [1.807, 2.05) is 35.2 Å². The summed E-state index contributed by atoms with van der Waals surface area (Å²) in [4.78, 5) is 26.6. The molecule has 2 aromatic rings. The van der Waals surface area contributed by atoms with Crippen LogP contribution in [0.15, 0.2) is 47.3 Å². The molecule has 0 unspecified atom stereocenters. The van der Waals surface area contributed by atoms with E-state index >= 15 is 0 Å². The summed E-state index contributed by atoms with van der Waals surface area (Å²) in [5, 5.41) is 7.67. The van der Waals surface area contributed by atoms with Crippen molar-refractivity contribution < 1.29 is 4.79 Å². The van der Waals surface area contributed by atoms with Crippen LogP contribution >= 0.6 is 0 Å². The Labute approximate surface area is 140 Å². The smallest absolute Gasteiger partial charge is 0.274 e. The van der Waals surface area contributed by atoms with E-state index in [-0.39, 0.29) is 11.5 Å². The molecule has 0 saturated carbocycles. The third kappa shape index (κ3) is 2.85. The molecule has 2 saturated heterocycles. The lowest BCUT2D eigenvalue weighted by atomic mass is 10.0. The van der Waals surface area contributed by atoms with Crippen molar-refractivity contribution in [1.82, 2.24) is 20.0 Å². The van der Waals surface area contributed by atoms with Crippen LogP contribution in [0.3, 0.4) is 0 Å². The van der Waals surface area contributed by atoms with Crippen LogP contribution in [0.4, 0.5) is 0 Å². The second kappa shape index (κ2) is 6.20. The summed E-state index contributed by atoms with van der Waals surface area (Å²) in [7, 11) is 0. The summed E-state index contributed by atoms with van der Waals surface area (Å²) in [6.07, 6.45) is 0. The third-order valence-corrected chi connectivity index (χ3v) is 4.94. The van der Waals surface area contributed by atoms with Gasteiger partial charge in [-0.3, -0.25) is 9.59 Å². The predicted octanol–water partition coefficient (Wildman–Crippen LogP) is 0.583. The Morgan fingerprint density at radius 3 is 2.50 bits per heavy atom. The van der Waals surface area contributed by atoms with Crippen molar-refractivity contribution in [1.29, 1.82) is 0 Å². The zero-order valence-electron chi connectivity index (χ0n) is 13.4. The Morgan fingerprint density at radius 2 is 1.79 bits per heavy atom. The predicted molar refractivity (Wildman–Crippen MR) is 89.8 cm³/mol. The maximum atomic E-state index is 12.7. The fourth-order valence-corrected chi connectivity index (χ4v) is 3.62. The lowest BCUT2D eigenvalue weighted by Crippen LogP contribution is -2.34. The lowest BCUT2D eigenvalue weighted by molar-refractivity contribution is 0.0773. The van der Waals surface area contributed by atoms with Gasteiger partial charge in [0.15, 0.2) is 0 Å². The molecule has 0 bridgehead atoms. The van der Waals surface area contributed by atoms with Crippen molar-refractivity contribution in [3.63, 3.8) is 0 Å². The Kier molecular flexibility index (Phi) is 3.90. The van der Waals surface area contributed by atoms with Crippen LogP contribution in [-0.4, -0.2) is 46.8 Å². The zero-order valence-corrected chi connectivity index (χ0v) is 13.4. The third-order valence-electron chi connectivity index (χ3n) is 4.94. The Bertz CT molecular complexity index is 790. The van der Waals surface area contributed by atoms with Gasteiger partial charge >= 0.3 is 0 Å². The molecule has 2 aliphatic heterocycles. The highest BCUT2D eigenvalue weighted by atomic mass is 16.2. The van der Waals surface area contributed by atoms with E-state index in [2.05, 4.69) is 10.4 Å². The van der Waals surface area contributed by atoms with Crippen LogP contribution in [0.25, 0.3) is 0 Å². The van der Waals surface area contributed by atoms with Gasteiger partial charge in [-0.1, -0.05) is 30.3 Å². The molecule has 3 heterocycles. The van der Waals surface area contributed by atoms with Gasteiger partial charge in [0.05, 0.1) is 6.54 Å². The van der Waals surface area contributed by atoms with E-state index in [4.69, 9.17) is 0 Å². The fourth-order valence-electron chi connectivity index (χ4n) is 3.62. The summed E-state index contributed by atoms with van der Waals surface area (Å²) in [6.45, 7) is 3.88. The highest BCUT2D eigenvalue weighted by Crippen LogP contribution is 2.27. The molecule has 0 radical (unpaired) electrons. The first kappa shape index (κ1) is 15.1. The number of carbonyl (C=O) groups excluding carboxylic acids is 1. The minimum atomic E-state index is -0.196. The van der Waals surface area contributed by atoms with Gasteiger partial charge in [0.25, 0.3) is 11.5 Å². The largest absolute Gasteiger partial charge is 0.337 e. The van der Waals surface area contributed by atoms with Crippen LogP contribution < -0.4 is 10.9 Å². The molecular formula is C18H20N4O2. The molecule has 124 valence electrons. The minimum Gasteiger partial charge on any atom is -0.337 e. The number of fused-ring (bicyclic) bond motifs is 1. The van der Waals surface area contributed by atoms with Gasteiger partial charge in [-0.25, -0.2) is 4.68 Å². The highest BCUT2D eigenvalue weighted by molar-refractivity contribution is 5.92. The molecule has 24 heavy (non-hydrogen) atoms. The Balaban J connectivity index is 1.54. The van der Waals surface area contributed by atoms with Crippen LogP contribution in [0.1, 0.15) is 16.1 Å². The summed E-state index contributed by atoms with van der Waals surface area (Å²) >= 11 is 0. The quantitative estimate of drug-likeness (QED) is 0.897. The molecule has 0 aliphatic carbocycles. The van der Waals surface area contributed by atoms with E-state index in [0.717, 1.165) is 31.7 Å².